The van der Waals surface area contributed by atoms with E-state index < -0.39 is 73.2 Å². The molecular weight excluding hydrogens is 534 g/mol. The van der Waals surface area contributed by atoms with Crippen LogP contribution in [0.3, 0.4) is 0 Å². The lowest BCUT2D eigenvalue weighted by molar-refractivity contribution is -0.434. The maximum Gasteiger partial charge on any atom is 0.333 e. The predicted octanol–water partition coefficient (Wildman–Crippen LogP) is -0.720. The summed E-state index contributed by atoms with van der Waals surface area (Å²) >= 11 is 0.331. The fourth-order valence-corrected chi connectivity index (χ4v) is 5.47. The monoisotopic (exact) mass is 573 g/mol. The molecule has 0 aromatic heterocycles. The number of aliphatic hydroxyl groups excluding tert-OH is 3. The second-order valence-corrected chi connectivity index (χ2v) is 9.68. The number of hydrogen-bond donors (Lipinski definition) is 6. The Bertz CT molecular complexity index is 720. The topological polar surface area (TPSA) is 212 Å². The number of carbonyl (C=O) groups is 2. The van der Waals surface area contributed by atoms with Crippen molar-refractivity contribution < 1.29 is 67.8 Å². The summed E-state index contributed by atoms with van der Waals surface area (Å²) in [6.45, 7) is 2.80. The van der Waals surface area contributed by atoms with Gasteiger partial charge in [-0.15, -0.1) is 4.33 Å². The Morgan fingerprint density at radius 1 is 1.05 bits per heavy atom. The summed E-state index contributed by atoms with van der Waals surface area (Å²) in [4.78, 5) is 23.5. The molecule has 4 unspecified atom stereocenters. The molecule has 0 radical (unpaired) electrons. The zero-order chi connectivity index (χ0) is 28.2. The molecule has 2 rings (SSSR count). The minimum absolute atomic E-state index is 0.132. The summed E-state index contributed by atoms with van der Waals surface area (Å²) in [5.74, 6) is -2.71. The van der Waals surface area contributed by atoms with Crippen molar-refractivity contribution in [2.24, 2.45) is 11.8 Å². The van der Waals surface area contributed by atoms with Crippen molar-refractivity contribution in [1.82, 2.24) is 5.32 Å². The molecule has 2 aliphatic rings. The van der Waals surface area contributed by atoms with Crippen LogP contribution in [-0.4, -0.2) is 120 Å². The Morgan fingerprint density at radius 2 is 1.79 bits per heavy atom. The van der Waals surface area contributed by atoms with Crippen LogP contribution < -0.4 is 5.32 Å². The molecule has 6 N–H and O–H groups in total. The smallest absolute Gasteiger partial charge is 0.333 e. The van der Waals surface area contributed by atoms with E-state index in [4.69, 9.17) is 28.4 Å². The van der Waals surface area contributed by atoms with E-state index in [1.54, 1.807) is 6.92 Å². The van der Waals surface area contributed by atoms with Crippen LogP contribution in [0.2, 0.25) is 0 Å². The van der Waals surface area contributed by atoms with Crippen LogP contribution in [0.15, 0.2) is 0 Å². The molecule has 2 saturated heterocycles. The number of carbonyl (C=O) groups excluding carboxylic acids is 1. The molecule has 2 fully saturated rings. The fraction of sp³-hybridized carbons (Fsp3) is 0.909. The summed E-state index contributed by atoms with van der Waals surface area (Å²) < 4.78 is 32.2. The minimum Gasteiger partial charge on any atom is -0.479 e. The summed E-state index contributed by atoms with van der Waals surface area (Å²) in [7, 11) is 1.48. The SMILES string of the molecule is CC[C@@H]1C(C(=O)O)O[C@@H](COCCC[C@H]2C(NC(C)=O)[C@H](COC)OC(CO)[C@@H]2OSOOO)C(O)[C@@H]1O. The molecule has 0 bridgehead atoms. The Morgan fingerprint density at radius 3 is 2.37 bits per heavy atom. The molecule has 38 heavy (non-hydrogen) atoms. The zero-order valence-corrected chi connectivity index (χ0v) is 22.4. The lowest BCUT2D eigenvalue weighted by Crippen LogP contribution is -2.62. The van der Waals surface area contributed by atoms with Gasteiger partial charge in [0.25, 0.3) is 0 Å². The number of aliphatic carboxylic acids is 1. The number of amides is 1. The Hall–Kier alpha value is -1.15. The van der Waals surface area contributed by atoms with E-state index >= 15 is 0 Å². The van der Waals surface area contributed by atoms with Gasteiger partial charge in [-0.1, -0.05) is 12.0 Å². The summed E-state index contributed by atoms with van der Waals surface area (Å²) in [6.07, 6.45) is -5.93. The molecule has 0 aromatic carbocycles. The Balaban J connectivity index is 2.03. The minimum atomic E-state index is -1.31. The van der Waals surface area contributed by atoms with Gasteiger partial charge < -0.3 is 44.7 Å². The maximum atomic E-state index is 11.9. The first-order valence-corrected chi connectivity index (χ1v) is 13.0. The van der Waals surface area contributed by atoms with E-state index in [1.165, 1.54) is 14.0 Å². The number of carboxylic acids is 1. The van der Waals surface area contributed by atoms with Crippen LogP contribution in [0.25, 0.3) is 0 Å². The number of rotatable bonds is 16. The van der Waals surface area contributed by atoms with Crippen molar-refractivity contribution in [3.63, 3.8) is 0 Å². The molecule has 15 nitrogen and oxygen atoms in total. The first kappa shape index (κ1) is 33.1. The van der Waals surface area contributed by atoms with E-state index in [-0.39, 0.29) is 25.7 Å². The predicted molar refractivity (Wildman–Crippen MR) is 128 cm³/mol. The third-order valence-corrected chi connectivity index (χ3v) is 7.21. The van der Waals surface area contributed by atoms with Crippen molar-refractivity contribution in [3.05, 3.63) is 0 Å². The summed E-state index contributed by atoms with van der Waals surface area (Å²) in [5, 5.41) is 54.9. The van der Waals surface area contributed by atoms with Crippen molar-refractivity contribution in [1.29, 1.82) is 0 Å². The van der Waals surface area contributed by atoms with Crippen LogP contribution in [0.4, 0.5) is 0 Å². The van der Waals surface area contributed by atoms with Crippen LogP contribution in [0.5, 0.6) is 0 Å². The van der Waals surface area contributed by atoms with E-state index in [1.807, 2.05) is 0 Å². The number of carboxylic acid groups (broad SMARTS) is 1. The average molecular weight is 574 g/mol. The number of ether oxygens (including phenoxy) is 4. The molecule has 0 spiro atoms. The molecular formula is C22H39NO14S. The average Bonchev–Trinajstić information content (AvgIpc) is 2.88. The van der Waals surface area contributed by atoms with Gasteiger partial charge in [-0.25, -0.2) is 10.1 Å². The van der Waals surface area contributed by atoms with Gasteiger partial charge >= 0.3 is 5.97 Å². The molecule has 222 valence electrons. The van der Waals surface area contributed by atoms with Gasteiger partial charge in [0.2, 0.25) is 5.91 Å². The molecule has 0 saturated carbocycles. The van der Waals surface area contributed by atoms with Crippen molar-refractivity contribution in [2.45, 2.75) is 81.9 Å². The summed E-state index contributed by atoms with van der Waals surface area (Å²) in [5.41, 5.74) is 0. The van der Waals surface area contributed by atoms with Crippen molar-refractivity contribution in [3.8, 4) is 0 Å². The molecule has 2 aliphatic heterocycles. The lowest BCUT2D eigenvalue weighted by Gasteiger charge is -2.46. The first-order chi connectivity index (χ1) is 18.2. The van der Waals surface area contributed by atoms with Gasteiger partial charge in [0, 0.05) is 32.5 Å². The van der Waals surface area contributed by atoms with Gasteiger partial charge in [-0.2, -0.15) is 0 Å². The number of methoxy groups -OCH3 is 1. The van der Waals surface area contributed by atoms with Gasteiger partial charge in [0.1, 0.15) is 30.5 Å². The van der Waals surface area contributed by atoms with Crippen molar-refractivity contribution >= 4 is 24.2 Å². The Kier molecular flexibility index (Phi) is 14.6. The van der Waals surface area contributed by atoms with Gasteiger partial charge in [0.15, 0.2) is 18.4 Å². The highest BCUT2D eigenvalue weighted by Crippen LogP contribution is 2.35. The van der Waals surface area contributed by atoms with Crippen molar-refractivity contribution in [2.75, 3.05) is 33.5 Å². The molecule has 16 heteroatoms. The quantitative estimate of drug-likeness (QED) is 0.0582. The zero-order valence-electron chi connectivity index (χ0n) is 21.5. The highest BCUT2D eigenvalue weighted by Gasteiger charge is 2.48. The normalized spacial score (nSPS) is 35.7. The maximum absolute atomic E-state index is 11.9. The second kappa shape index (κ2) is 16.8. The fourth-order valence-electron chi connectivity index (χ4n) is 5.06. The third-order valence-electron chi connectivity index (χ3n) is 6.79. The first-order valence-electron chi connectivity index (χ1n) is 12.3. The number of aliphatic hydroxyl groups is 3. The highest BCUT2D eigenvalue weighted by molar-refractivity contribution is 7.89. The standard InChI is InChI=1S/C22H39NO14S/c1-4-12-18(26)19(27)16(34-21(12)22(28)29)10-32-7-5-6-13-17(23-11(2)25)15(9-31-3)33-14(8-24)20(13)35-38-37-36-30/h12-21,24,26-27,30H,4-10H2,1-3H3,(H,23,25)(H,28,29)/t12-,13-,14?,15-,16-,17?,18+,19?,20+,21?/m0/s1. The van der Waals surface area contributed by atoms with Gasteiger partial charge in [-0.3, -0.25) is 8.98 Å². The van der Waals surface area contributed by atoms with E-state index in [0.717, 1.165) is 0 Å². The van der Waals surface area contributed by atoms with Crippen LogP contribution >= 0.6 is 12.3 Å². The second-order valence-electron chi connectivity index (χ2n) is 9.22. The molecule has 1 amide bonds. The molecule has 0 aromatic rings. The van der Waals surface area contributed by atoms with E-state index in [2.05, 4.69) is 14.7 Å². The number of nitrogens with one attached hydrogen (secondary N) is 1. The van der Waals surface area contributed by atoms with E-state index in [0.29, 0.717) is 31.6 Å². The number of hydrogen-bond acceptors (Lipinski definition) is 14. The summed E-state index contributed by atoms with van der Waals surface area (Å²) in [6, 6.07) is -0.572. The molecule has 10 atom stereocenters. The van der Waals surface area contributed by atoms with Crippen LogP contribution in [-0.2, 0) is 42.1 Å². The highest BCUT2D eigenvalue weighted by atomic mass is 32.2. The van der Waals surface area contributed by atoms with Crippen LogP contribution in [0, 0.1) is 11.8 Å². The lowest BCUT2D eigenvalue weighted by atomic mass is 9.81. The van der Waals surface area contributed by atoms with Gasteiger partial charge in [0.05, 0.1) is 32.0 Å². The molecule has 0 aliphatic carbocycles. The van der Waals surface area contributed by atoms with E-state index in [9.17, 15) is 30.0 Å². The van der Waals surface area contributed by atoms with Crippen LogP contribution in [0.1, 0.15) is 33.1 Å². The molecule has 2 heterocycles. The third kappa shape index (κ3) is 8.94. The van der Waals surface area contributed by atoms with Gasteiger partial charge in [-0.05, 0) is 19.3 Å². The largest absolute Gasteiger partial charge is 0.479 e. The Labute approximate surface area is 224 Å².